The summed E-state index contributed by atoms with van der Waals surface area (Å²) in [6.45, 7) is 3.94. The molecule has 0 saturated carbocycles. The van der Waals surface area contributed by atoms with Gasteiger partial charge in [0, 0.05) is 12.6 Å². The van der Waals surface area contributed by atoms with E-state index in [0.29, 0.717) is 17.7 Å². The van der Waals surface area contributed by atoms with Gasteiger partial charge in [0.05, 0.1) is 5.60 Å². The Kier molecular flexibility index (Phi) is 4.26. The Morgan fingerprint density at radius 3 is 2.69 bits per heavy atom. The van der Waals surface area contributed by atoms with Crippen molar-refractivity contribution in [3.05, 3.63) is 29.6 Å². The molecule has 0 radical (unpaired) electrons. The zero-order chi connectivity index (χ0) is 12.2. The number of hydrogen-bond acceptors (Lipinski definition) is 3. The highest BCUT2D eigenvalue weighted by Crippen LogP contribution is 2.18. The lowest BCUT2D eigenvalue weighted by atomic mass is 10.1. The summed E-state index contributed by atoms with van der Waals surface area (Å²) >= 11 is 0. The van der Waals surface area contributed by atoms with Gasteiger partial charge in [0.25, 0.3) is 0 Å². The molecule has 3 nitrogen and oxygen atoms in total. The molecule has 0 heterocycles. The third-order valence-electron chi connectivity index (χ3n) is 2.48. The standard InChI is InChI=1S/C12H18FNO2/c1-3-12(2,15)8-16-11-5-9(7-14)4-10(13)6-11/h4-6,15H,3,7-8,14H2,1-2H3. The molecule has 0 aliphatic heterocycles. The molecule has 1 unspecified atom stereocenters. The summed E-state index contributed by atoms with van der Waals surface area (Å²) in [5, 5.41) is 9.74. The Balaban J connectivity index is 2.70. The normalized spacial score (nSPS) is 14.6. The summed E-state index contributed by atoms with van der Waals surface area (Å²) in [7, 11) is 0. The van der Waals surface area contributed by atoms with Gasteiger partial charge in [-0.25, -0.2) is 4.39 Å². The zero-order valence-corrected chi connectivity index (χ0v) is 9.66. The first kappa shape index (κ1) is 12.9. The fourth-order valence-electron chi connectivity index (χ4n) is 1.16. The van der Waals surface area contributed by atoms with Crippen LogP contribution >= 0.6 is 0 Å². The molecule has 90 valence electrons. The SMILES string of the molecule is CCC(C)(O)COc1cc(F)cc(CN)c1. The van der Waals surface area contributed by atoms with Crippen LogP contribution in [0.4, 0.5) is 4.39 Å². The first-order valence-electron chi connectivity index (χ1n) is 5.31. The van der Waals surface area contributed by atoms with Crippen LogP contribution in [0.2, 0.25) is 0 Å². The summed E-state index contributed by atoms with van der Waals surface area (Å²) in [4.78, 5) is 0. The predicted octanol–water partition coefficient (Wildman–Crippen LogP) is 1.82. The number of hydrogen-bond donors (Lipinski definition) is 2. The maximum atomic E-state index is 13.1. The van der Waals surface area contributed by atoms with E-state index in [1.54, 1.807) is 13.0 Å². The predicted molar refractivity (Wildman–Crippen MR) is 60.7 cm³/mol. The van der Waals surface area contributed by atoms with Gasteiger partial charge in [-0.15, -0.1) is 0 Å². The monoisotopic (exact) mass is 227 g/mol. The summed E-state index contributed by atoms with van der Waals surface area (Å²) in [5.41, 5.74) is 5.20. The Labute approximate surface area is 95.0 Å². The minimum Gasteiger partial charge on any atom is -0.490 e. The van der Waals surface area contributed by atoms with Crippen LogP contribution in [0.25, 0.3) is 0 Å². The van der Waals surface area contributed by atoms with E-state index in [1.165, 1.54) is 12.1 Å². The van der Waals surface area contributed by atoms with E-state index in [0.717, 1.165) is 0 Å². The van der Waals surface area contributed by atoms with E-state index in [2.05, 4.69) is 0 Å². The Hall–Kier alpha value is -1.13. The highest BCUT2D eigenvalue weighted by atomic mass is 19.1. The average Bonchev–Trinajstić information content (AvgIpc) is 2.26. The Bertz CT molecular complexity index is 353. The third-order valence-corrected chi connectivity index (χ3v) is 2.48. The van der Waals surface area contributed by atoms with Gasteiger partial charge in [-0.3, -0.25) is 0 Å². The molecule has 1 rings (SSSR count). The first-order chi connectivity index (χ1) is 7.46. The van der Waals surface area contributed by atoms with Crippen LogP contribution in [-0.4, -0.2) is 17.3 Å². The number of aliphatic hydroxyl groups is 1. The zero-order valence-electron chi connectivity index (χ0n) is 9.66. The van der Waals surface area contributed by atoms with Crippen molar-refractivity contribution in [2.24, 2.45) is 5.73 Å². The maximum absolute atomic E-state index is 13.1. The maximum Gasteiger partial charge on any atom is 0.127 e. The van der Waals surface area contributed by atoms with E-state index in [9.17, 15) is 9.50 Å². The quantitative estimate of drug-likeness (QED) is 0.806. The van der Waals surface area contributed by atoms with E-state index in [1.807, 2.05) is 6.92 Å². The van der Waals surface area contributed by atoms with Crippen LogP contribution in [0.15, 0.2) is 18.2 Å². The summed E-state index contributed by atoms with van der Waals surface area (Å²) in [6, 6.07) is 4.32. The largest absolute Gasteiger partial charge is 0.490 e. The van der Waals surface area contributed by atoms with E-state index in [4.69, 9.17) is 10.5 Å². The number of halogens is 1. The fraction of sp³-hybridized carbons (Fsp3) is 0.500. The third kappa shape index (κ3) is 3.79. The Morgan fingerprint density at radius 2 is 2.12 bits per heavy atom. The second-order valence-corrected chi connectivity index (χ2v) is 4.14. The molecule has 0 spiro atoms. The highest BCUT2D eigenvalue weighted by Gasteiger charge is 2.18. The number of nitrogens with two attached hydrogens (primary N) is 1. The molecule has 1 aromatic carbocycles. The van der Waals surface area contributed by atoms with Crippen molar-refractivity contribution >= 4 is 0 Å². The molecule has 0 aromatic heterocycles. The highest BCUT2D eigenvalue weighted by molar-refractivity contribution is 5.29. The van der Waals surface area contributed by atoms with Gasteiger partial charge in [-0.05, 0) is 31.0 Å². The first-order valence-corrected chi connectivity index (χ1v) is 5.31. The average molecular weight is 227 g/mol. The molecule has 1 atom stereocenters. The molecule has 16 heavy (non-hydrogen) atoms. The number of ether oxygens (including phenoxy) is 1. The molecule has 3 N–H and O–H groups in total. The van der Waals surface area contributed by atoms with Gasteiger partial charge in [0.1, 0.15) is 18.2 Å². The van der Waals surface area contributed by atoms with Gasteiger partial charge in [-0.2, -0.15) is 0 Å². The van der Waals surface area contributed by atoms with Crippen LogP contribution in [0.5, 0.6) is 5.75 Å². The lowest BCUT2D eigenvalue weighted by Gasteiger charge is -2.21. The van der Waals surface area contributed by atoms with Gasteiger partial charge in [0.2, 0.25) is 0 Å². The van der Waals surface area contributed by atoms with Crippen molar-refractivity contribution in [2.75, 3.05) is 6.61 Å². The van der Waals surface area contributed by atoms with Gasteiger partial charge in [-0.1, -0.05) is 6.92 Å². The second kappa shape index (κ2) is 5.27. The van der Waals surface area contributed by atoms with Crippen LogP contribution in [-0.2, 0) is 6.54 Å². The van der Waals surface area contributed by atoms with Gasteiger partial charge in [0.15, 0.2) is 0 Å². The topological polar surface area (TPSA) is 55.5 Å². The second-order valence-electron chi connectivity index (χ2n) is 4.14. The Morgan fingerprint density at radius 1 is 1.44 bits per heavy atom. The summed E-state index contributed by atoms with van der Waals surface area (Å²) < 4.78 is 18.5. The van der Waals surface area contributed by atoms with Crippen LogP contribution in [0.3, 0.4) is 0 Å². The molecule has 0 saturated heterocycles. The van der Waals surface area contributed by atoms with Crippen molar-refractivity contribution in [2.45, 2.75) is 32.4 Å². The van der Waals surface area contributed by atoms with Crippen molar-refractivity contribution in [1.82, 2.24) is 0 Å². The van der Waals surface area contributed by atoms with Crippen LogP contribution in [0, 0.1) is 5.82 Å². The van der Waals surface area contributed by atoms with E-state index < -0.39 is 5.60 Å². The molecule has 0 amide bonds. The summed E-state index contributed by atoms with van der Waals surface area (Å²) in [6.07, 6.45) is 0.575. The van der Waals surface area contributed by atoms with Crippen molar-refractivity contribution in [3.8, 4) is 5.75 Å². The minimum absolute atomic E-state index is 0.136. The van der Waals surface area contributed by atoms with E-state index >= 15 is 0 Å². The molecule has 0 bridgehead atoms. The van der Waals surface area contributed by atoms with Crippen LogP contribution < -0.4 is 10.5 Å². The molecule has 4 heteroatoms. The smallest absolute Gasteiger partial charge is 0.127 e. The van der Waals surface area contributed by atoms with E-state index in [-0.39, 0.29) is 19.0 Å². The molecule has 0 fully saturated rings. The molecule has 0 aliphatic rings. The molecular weight excluding hydrogens is 209 g/mol. The minimum atomic E-state index is -0.894. The molecule has 1 aromatic rings. The van der Waals surface area contributed by atoms with Crippen molar-refractivity contribution < 1.29 is 14.2 Å². The summed E-state index contributed by atoms with van der Waals surface area (Å²) in [5.74, 6) is 0.0169. The van der Waals surface area contributed by atoms with Crippen molar-refractivity contribution in [3.63, 3.8) is 0 Å². The number of benzene rings is 1. The molecular formula is C12H18FNO2. The van der Waals surface area contributed by atoms with Gasteiger partial charge < -0.3 is 15.6 Å². The molecule has 0 aliphatic carbocycles. The van der Waals surface area contributed by atoms with Gasteiger partial charge >= 0.3 is 0 Å². The van der Waals surface area contributed by atoms with Crippen LogP contribution in [0.1, 0.15) is 25.8 Å². The fourth-order valence-corrected chi connectivity index (χ4v) is 1.16. The lowest BCUT2D eigenvalue weighted by molar-refractivity contribution is 0.00835. The number of rotatable bonds is 5. The lowest BCUT2D eigenvalue weighted by Crippen LogP contribution is -2.31. The van der Waals surface area contributed by atoms with Crippen molar-refractivity contribution in [1.29, 1.82) is 0 Å².